The van der Waals surface area contributed by atoms with Crippen LogP contribution in [0, 0.1) is 17.0 Å². The standard InChI is InChI=1S/C15H13BrN2O3S/c1-9-7-10(16)3-5-13(9)17-15(19)12-8-11(22-2)4-6-14(12)18(20)21/h3-8H,1-2H3,(H,17,19). The fraction of sp³-hybridized carbons (Fsp3) is 0.133. The molecular formula is C15H13BrN2O3S. The van der Waals surface area contributed by atoms with E-state index in [9.17, 15) is 14.9 Å². The number of benzene rings is 2. The number of halogens is 1. The number of nitro groups is 1. The predicted octanol–water partition coefficient (Wildman–Crippen LogP) is 4.64. The van der Waals surface area contributed by atoms with Crippen LogP contribution in [0.2, 0.25) is 0 Å². The molecular weight excluding hydrogens is 368 g/mol. The Hall–Kier alpha value is -1.86. The van der Waals surface area contributed by atoms with E-state index >= 15 is 0 Å². The van der Waals surface area contributed by atoms with E-state index in [1.807, 2.05) is 19.2 Å². The van der Waals surface area contributed by atoms with Gasteiger partial charge in [-0.2, -0.15) is 0 Å². The number of carbonyl (C=O) groups excluding carboxylic acids is 1. The van der Waals surface area contributed by atoms with Crippen LogP contribution in [0.4, 0.5) is 11.4 Å². The number of carbonyl (C=O) groups is 1. The zero-order chi connectivity index (χ0) is 16.3. The number of nitrogens with one attached hydrogen (secondary N) is 1. The molecule has 0 aliphatic rings. The second kappa shape index (κ2) is 6.93. The van der Waals surface area contributed by atoms with Gasteiger partial charge < -0.3 is 5.32 Å². The molecule has 5 nitrogen and oxygen atoms in total. The molecule has 2 aromatic carbocycles. The summed E-state index contributed by atoms with van der Waals surface area (Å²) >= 11 is 4.78. The molecule has 22 heavy (non-hydrogen) atoms. The highest BCUT2D eigenvalue weighted by Crippen LogP contribution is 2.27. The molecule has 2 aromatic rings. The molecule has 0 atom stereocenters. The number of nitrogens with zero attached hydrogens (tertiary/aromatic N) is 1. The van der Waals surface area contributed by atoms with E-state index in [0.29, 0.717) is 5.69 Å². The van der Waals surface area contributed by atoms with Crippen LogP contribution in [0.5, 0.6) is 0 Å². The minimum atomic E-state index is -0.548. The maximum absolute atomic E-state index is 12.4. The average molecular weight is 381 g/mol. The third-order valence-electron chi connectivity index (χ3n) is 3.08. The summed E-state index contributed by atoms with van der Waals surface area (Å²) in [6.07, 6.45) is 1.85. The maximum atomic E-state index is 12.4. The fourth-order valence-corrected chi connectivity index (χ4v) is 2.86. The quantitative estimate of drug-likeness (QED) is 0.476. The molecule has 0 spiro atoms. The molecule has 0 fully saturated rings. The molecule has 0 bridgehead atoms. The van der Waals surface area contributed by atoms with Crippen molar-refractivity contribution in [1.29, 1.82) is 0 Å². The summed E-state index contributed by atoms with van der Waals surface area (Å²) in [5, 5.41) is 13.8. The van der Waals surface area contributed by atoms with Gasteiger partial charge in [0.15, 0.2) is 0 Å². The maximum Gasteiger partial charge on any atom is 0.282 e. The van der Waals surface area contributed by atoms with Gasteiger partial charge in [0.2, 0.25) is 0 Å². The Labute approximate surface area is 140 Å². The van der Waals surface area contributed by atoms with E-state index in [1.165, 1.54) is 23.9 Å². The van der Waals surface area contributed by atoms with Gasteiger partial charge in [0.1, 0.15) is 5.56 Å². The lowest BCUT2D eigenvalue weighted by molar-refractivity contribution is -0.385. The van der Waals surface area contributed by atoms with Gasteiger partial charge in [-0.1, -0.05) is 15.9 Å². The highest BCUT2D eigenvalue weighted by molar-refractivity contribution is 9.10. The van der Waals surface area contributed by atoms with Crippen LogP contribution in [0.3, 0.4) is 0 Å². The smallest absolute Gasteiger partial charge is 0.282 e. The Morgan fingerprint density at radius 2 is 2.00 bits per heavy atom. The summed E-state index contributed by atoms with van der Waals surface area (Å²) in [6, 6.07) is 9.94. The van der Waals surface area contributed by atoms with Gasteiger partial charge in [-0.05, 0) is 49.1 Å². The minimum Gasteiger partial charge on any atom is -0.322 e. The van der Waals surface area contributed by atoms with Gasteiger partial charge in [-0.25, -0.2) is 0 Å². The van der Waals surface area contributed by atoms with Crippen LogP contribution in [-0.4, -0.2) is 17.1 Å². The van der Waals surface area contributed by atoms with E-state index in [2.05, 4.69) is 21.2 Å². The fourth-order valence-electron chi connectivity index (χ4n) is 1.94. The predicted molar refractivity (Wildman–Crippen MR) is 91.7 cm³/mol. The molecule has 0 saturated carbocycles. The number of rotatable bonds is 4. The van der Waals surface area contributed by atoms with Gasteiger partial charge >= 0.3 is 0 Å². The van der Waals surface area contributed by atoms with Crippen molar-refractivity contribution in [3.8, 4) is 0 Å². The first kappa shape index (κ1) is 16.5. The van der Waals surface area contributed by atoms with Crippen molar-refractivity contribution < 1.29 is 9.72 Å². The summed E-state index contributed by atoms with van der Waals surface area (Å²) in [4.78, 5) is 23.8. The van der Waals surface area contributed by atoms with E-state index in [4.69, 9.17) is 0 Å². The average Bonchev–Trinajstić information content (AvgIpc) is 2.49. The largest absolute Gasteiger partial charge is 0.322 e. The highest BCUT2D eigenvalue weighted by atomic mass is 79.9. The Morgan fingerprint density at radius 3 is 2.59 bits per heavy atom. The third kappa shape index (κ3) is 3.66. The van der Waals surface area contributed by atoms with Crippen molar-refractivity contribution in [2.75, 3.05) is 11.6 Å². The number of hydrogen-bond donors (Lipinski definition) is 1. The third-order valence-corrected chi connectivity index (χ3v) is 4.30. The Kier molecular flexibility index (Phi) is 5.20. The van der Waals surface area contributed by atoms with Crippen molar-refractivity contribution in [3.63, 3.8) is 0 Å². The highest BCUT2D eigenvalue weighted by Gasteiger charge is 2.21. The number of nitro benzene ring substituents is 1. The lowest BCUT2D eigenvalue weighted by atomic mass is 10.1. The minimum absolute atomic E-state index is 0.0548. The number of aryl methyl sites for hydroxylation is 1. The summed E-state index contributed by atoms with van der Waals surface area (Å²) < 4.78 is 0.901. The van der Waals surface area contributed by atoms with E-state index in [1.54, 1.807) is 18.2 Å². The van der Waals surface area contributed by atoms with E-state index in [0.717, 1.165) is 14.9 Å². The van der Waals surface area contributed by atoms with Crippen LogP contribution < -0.4 is 5.32 Å². The van der Waals surface area contributed by atoms with Crippen molar-refractivity contribution in [3.05, 3.63) is 62.1 Å². The molecule has 0 radical (unpaired) electrons. The molecule has 114 valence electrons. The summed E-state index contributed by atoms with van der Waals surface area (Å²) in [7, 11) is 0. The van der Waals surface area contributed by atoms with Gasteiger partial charge in [0, 0.05) is 21.1 Å². The second-order valence-electron chi connectivity index (χ2n) is 4.55. The molecule has 7 heteroatoms. The summed E-state index contributed by atoms with van der Waals surface area (Å²) in [6.45, 7) is 1.85. The Balaban J connectivity index is 2.38. The lowest BCUT2D eigenvalue weighted by Gasteiger charge is -2.10. The van der Waals surface area contributed by atoms with Gasteiger partial charge in [-0.15, -0.1) is 11.8 Å². The van der Waals surface area contributed by atoms with Crippen molar-refractivity contribution in [2.45, 2.75) is 11.8 Å². The first-order chi connectivity index (χ1) is 10.4. The first-order valence-electron chi connectivity index (χ1n) is 6.32. The first-order valence-corrected chi connectivity index (χ1v) is 8.34. The Morgan fingerprint density at radius 1 is 1.27 bits per heavy atom. The SMILES string of the molecule is CSc1ccc([N+](=O)[O-])c(C(=O)Nc2ccc(Br)cc2C)c1. The molecule has 0 aliphatic heterocycles. The van der Waals surface area contributed by atoms with E-state index < -0.39 is 10.8 Å². The van der Waals surface area contributed by atoms with Crippen LogP contribution in [-0.2, 0) is 0 Å². The number of anilines is 1. The normalized spacial score (nSPS) is 10.3. The molecule has 2 rings (SSSR count). The van der Waals surface area contributed by atoms with Crippen LogP contribution in [0.25, 0.3) is 0 Å². The zero-order valence-electron chi connectivity index (χ0n) is 11.9. The number of hydrogen-bond acceptors (Lipinski definition) is 4. The molecule has 0 unspecified atom stereocenters. The topological polar surface area (TPSA) is 72.2 Å². The van der Waals surface area contributed by atoms with Crippen molar-refractivity contribution in [2.24, 2.45) is 0 Å². The van der Waals surface area contributed by atoms with Crippen LogP contribution in [0.1, 0.15) is 15.9 Å². The molecule has 0 aromatic heterocycles. The summed E-state index contributed by atoms with van der Waals surface area (Å²) in [5.74, 6) is -0.493. The van der Waals surface area contributed by atoms with E-state index in [-0.39, 0.29) is 11.3 Å². The van der Waals surface area contributed by atoms with Gasteiger partial charge in [0.25, 0.3) is 11.6 Å². The number of amides is 1. The lowest BCUT2D eigenvalue weighted by Crippen LogP contribution is -2.14. The van der Waals surface area contributed by atoms with Crippen LogP contribution >= 0.6 is 27.7 Å². The molecule has 0 aliphatic carbocycles. The molecule has 0 saturated heterocycles. The molecule has 1 N–H and O–H groups in total. The zero-order valence-corrected chi connectivity index (χ0v) is 14.3. The van der Waals surface area contributed by atoms with Crippen molar-refractivity contribution in [1.82, 2.24) is 0 Å². The van der Waals surface area contributed by atoms with Crippen LogP contribution in [0.15, 0.2) is 45.8 Å². The van der Waals surface area contributed by atoms with Crippen molar-refractivity contribution >= 4 is 45.0 Å². The van der Waals surface area contributed by atoms with Gasteiger partial charge in [-0.3, -0.25) is 14.9 Å². The number of thioether (sulfide) groups is 1. The summed E-state index contributed by atoms with van der Waals surface area (Å²) in [5.41, 5.74) is 1.34. The molecule has 1 amide bonds. The Bertz CT molecular complexity index is 750. The monoisotopic (exact) mass is 380 g/mol. The van der Waals surface area contributed by atoms with Gasteiger partial charge in [0.05, 0.1) is 4.92 Å². The molecule has 0 heterocycles. The second-order valence-corrected chi connectivity index (χ2v) is 6.35.